The van der Waals surface area contributed by atoms with Crippen LogP contribution in [0.3, 0.4) is 0 Å². The van der Waals surface area contributed by atoms with Gasteiger partial charge in [0.05, 0.1) is 5.69 Å². The number of hydrogen-bond donors (Lipinski definition) is 4. The fraction of sp³-hybridized carbons (Fsp3) is 0.286. The minimum atomic E-state index is -0.888. The number of benzene rings is 2. The number of carbonyl (C=O) groups is 3. The molecular weight excluding hydrogens is 394 g/mol. The van der Waals surface area contributed by atoms with Gasteiger partial charge < -0.3 is 21.3 Å². The molecule has 4 amide bonds. The van der Waals surface area contributed by atoms with Crippen LogP contribution in [0.15, 0.2) is 42.5 Å². The summed E-state index contributed by atoms with van der Waals surface area (Å²) in [6.07, 6.45) is 0. The summed E-state index contributed by atoms with van der Waals surface area (Å²) in [5.41, 5.74) is 0.286. The van der Waals surface area contributed by atoms with Crippen LogP contribution in [-0.2, 0) is 4.79 Å². The van der Waals surface area contributed by atoms with Crippen LogP contribution in [-0.4, -0.2) is 30.9 Å². The minimum absolute atomic E-state index is 0.0973. The second kappa shape index (κ2) is 9.82. The Morgan fingerprint density at radius 3 is 2.10 bits per heavy atom. The highest BCUT2D eigenvalue weighted by Crippen LogP contribution is 2.18. The minimum Gasteiger partial charge on any atom is -0.350 e. The van der Waals surface area contributed by atoms with E-state index in [1.54, 1.807) is 45.0 Å². The van der Waals surface area contributed by atoms with E-state index in [1.807, 2.05) is 0 Å². The molecule has 0 heterocycles. The standard InChI is InChI=1S/C21H24F2N4O3/c1-21(2,3)19(29)26-15-7-4-13(5-8-15)18(28)24-10-11-25-20(30)27-17-9-6-14(22)12-16(17)23/h4-9,12H,10-11H2,1-3H3,(H,24,28)(H,26,29)(H2,25,27,30). The highest BCUT2D eigenvalue weighted by Gasteiger charge is 2.21. The summed E-state index contributed by atoms with van der Waals surface area (Å²) in [5.74, 6) is -2.12. The number of hydrogen-bond acceptors (Lipinski definition) is 3. The smallest absolute Gasteiger partial charge is 0.319 e. The molecule has 0 saturated heterocycles. The Balaban J connectivity index is 1.75. The van der Waals surface area contributed by atoms with Gasteiger partial charge in [0.15, 0.2) is 0 Å². The van der Waals surface area contributed by atoms with E-state index in [0.29, 0.717) is 17.3 Å². The molecule has 0 aliphatic heterocycles. The van der Waals surface area contributed by atoms with Gasteiger partial charge in [0.25, 0.3) is 5.91 Å². The van der Waals surface area contributed by atoms with E-state index >= 15 is 0 Å². The zero-order chi connectivity index (χ0) is 22.3. The van der Waals surface area contributed by atoms with Crippen molar-refractivity contribution in [1.82, 2.24) is 10.6 Å². The largest absolute Gasteiger partial charge is 0.350 e. The number of nitrogens with one attached hydrogen (secondary N) is 4. The quantitative estimate of drug-likeness (QED) is 0.540. The highest BCUT2D eigenvalue weighted by molar-refractivity contribution is 5.97. The molecule has 2 rings (SSSR count). The zero-order valence-corrected chi connectivity index (χ0v) is 16.9. The predicted octanol–water partition coefficient (Wildman–Crippen LogP) is 3.50. The summed E-state index contributed by atoms with van der Waals surface area (Å²) in [6.45, 7) is 5.64. The van der Waals surface area contributed by atoms with E-state index in [1.165, 1.54) is 0 Å². The fourth-order valence-electron chi connectivity index (χ4n) is 2.24. The molecule has 4 N–H and O–H groups in total. The molecule has 2 aromatic carbocycles. The molecule has 0 bridgehead atoms. The maximum absolute atomic E-state index is 13.5. The van der Waals surface area contributed by atoms with Gasteiger partial charge in [-0.2, -0.15) is 0 Å². The van der Waals surface area contributed by atoms with E-state index in [9.17, 15) is 23.2 Å². The fourth-order valence-corrected chi connectivity index (χ4v) is 2.24. The molecule has 9 heteroatoms. The van der Waals surface area contributed by atoms with Gasteiger partial charge in [0.2, 0.25) is 5.91 Å². The van der Waals surface area contributed by atoms with E-state index in [4.69, 9.17) is 0 Å². The van der Waals surface area contributed by atoms with E-state index in [2.05, 4.69) is 21.3 Å². The Bertz CT molecular complexity index is 925. The van der Waals surface area contributed by atoms with Crippen LogP contribution >= 0.6 is 0 Å². The number of rotatable bonds is 6. The molecule has 0 aliphatic carbocycles. The lowest BCUT2D eigenvalue weighted by atomic mass is 9.95. The van der Waals surface area contributed by atoms with Crippen molar-refractivity contribution in [3.8, 4) is 0 Å². The molecule has 0 saturated carbocycles. The zero-order valence-electron chi connectivity index (χ0n) is 16.9. The van der Waals surface area contributed by atoms with Gasteiger partial charge in [-0.15, -0.1) is 0 Å². The predicted molar refractivity (Wildman–Crippen MR) is 110 cm³/mol. The highest BCUT2D eigenvalue weighted by atomic mass is 19.1. The van der Waals surface area contributed by atoms with Crippen molar-refractivity contribution >= 4 is 29.2 Å². The first-order valence-corrected chi connectivity index (χ1v) is 9.26. The summed E-state index contributed by atoms with van der Waals surface area (Å²) in [5, 5.41) is 10.1. The molecule has 0 aromatic heterocycles. The summed E-state index contributed by atoms with van der Waals surface area (Å²) >= 11 is 0. The van der Waals surface area contributed by atoms with Crippen molar-refractivity contribution in [3.63, 3.8) is 0 Å². The van der Waals surface area contributed by atoms with Crippen LogP contribution in [0.25, 0.3) is 0 Å². The van der Waals surface area contributed by atoms with Crippen molar-refractivity contribution < 1.29 is 23.2 Å². The SMILES string of the molecule is CC(C)(C)C(=O)Nc1ccc(C(=O)NCCNC(=O)Nc2ccc(F)cc2F)cc1. The normalized spacial score (nSPS) is 10.8. The van der Waals surface area contributed by atoms with Crippen molar-refractivity contribution in [2.24, 2.45) is 5.41 Å². The molecule has 2 aromatic rings. The third kappa shape index (κ3) is 6.84. The second-order valence-corrected chi connectivity index (χ2v) is 7.54. The van der Waals surface area contributed by atoms with E-state index < -0.39 is 23.1 Å². The molecule has 0 atom stereocenters. The topological polar surface area (TPSA) is 99.3 Å². The van der Waals surface area contributed by atoms with Crippen LogP contribution in [0.2, 0.25) is 0 Å². The molecule has 0 fully saturated rings. The molecule has 160 valence electrons. The van der Waals surface area contributed by atoms with Gasteiger partial charge in [0, 0.05) is 35.8 Å². The lowest BCUT2D eigenvalue weighted by molar-refractivity contribution is -0.123. The van der Waals surface area contributed by atoms with Crippen LogP contribution in [0.5, 0.6) is 0 Å². The van der Waals surface area contributed by atoms with Gasteiger partial charge in [-0.25, -0.2) is 13.6 Å². The molecule has 0 unspecified atom stereocenters. The Morgan fingerprint density at radius 1 is 0.867 bits per heavy atom. The first kappa shape index (κ1) is 22.8. The summed E-state index contributed by atoms with van der Waals surface area (Å²) < 4.78 is 26.3. The molecule has 7 nitrogen and oxygen atoms in total. The Kier molecular flexibility index (Phi) is 7.46. The van der Waals surface area contributed by atoms with Crippen LogP contribution in [0.1, 0.15) is 31.1 Å². The van der Waals surface area contributed by atoms with Crippen molar-refractivity contribution in [2.45, 2.75) is 20.8 Å². The van der Waals surface area contributed by atoms with Crippen molar-refractivity contribution in [2.75, 3.05) is 23.7 Å². The first-order chi connectivity index (χ1) is 14.1. The van der Waals surface area contributed by atoms with Gasteiger partial charge in [-0.1, -0.05) is 20.8 Å². The Hall–Kier alpha value is -3.49. The van der Waals surface area contributed by atoms with Gasteiger partial charge in [-0.3, -0.25) is 9.59 Å². The van der Waals surface area contributed by atoms with Gasteiger partial charge >= 0.3 is 6.03 Å². The number of carbonyl (C=O) groups excluding carboxylic acids is 3. The summed E-state index contributed by atoms with van der Waals surface area (Å²) in [4.78, 5) is 35.8. The molecule has 0 aliphatic rings. The molecule has 0 spiro atoms. The third-order valence-corrected chi connectivity index (χ3v) is 3.96. The lowest BCUT2D eigenvalue weighted by Crippen LogP contribution is -2.37. The van der Waals surface area contributed by atoms with Crippen LogP contribution in [0, 0.1) is 17.0 Å². The number of halogens is 2. The van der Waals surface area contributed by atoms with E-state index in [-0.39, 0.29) is 30.6 Å². The average molecular weight is 418 g/mol. The molecular formula is C21H24F2N4O3. The number of anilines is 2. The lowest BCUT2D eigenvalue weighted by Gasteiger charge is -2.17. The monoisotopic (exact) mass is 418 g/mol. The Labute approximate surface area is 173 Å². The van der Waals surface area contributed by atoms with Gasteiger partial charge in [0.1, 0.15) is 11.6 Å². The first-order valence-electron chi connectivity index (χ1n) is 9.26. The summed E-state index contributed by atoms with van der Waals surface area (Å²) in [6, 6.07) is 8.52. The average Bonchev–Trinajstić information content (AvgIpc) is 2.67. The van der Waals surface area contributed by atoms with Gasteiger partial charge in [-0.05, 0) is 36.4 Å². The molecule has 0 radical (unpaired) electrons. The number of urea groups is 1. The maximum Gasteiger partial charge on any atom is 0.319 e. The third-order valence-electron chi connectivity index (χ3n) is 3.96. The molecule has 30 heavy (non-hydrogen) atoms. The summed E-state index contributed by atoms with van der Waals surface area (Å²) in [7, 11) is 0. The number of amides is 4. The maximum atomic E-state index is 13.5. The van der Waals surface area contributed by atoms with Crippen LogP contribution in [0.4, 0.5) is 25.0 Å². The van der Waals surface area contributed by atoms with E-state index in [0.717, 1.165) is 12.1 Å². The Morgan fingerprint density at radius 2 is 1.50 bits per heavy atom. The second-order valence-electron chi connectivity index (χ2n) is 7.54. The van der Waals surface area contributed by atoms with Crippen LogP contribution < -0.4 is 21.3 Å². The van der Waals surface area contributed by atoms with Crippen molar-refractivity contribution in [1.29, 1.82) is 0 Å². The van der Waals surface area contributed by atoms with Crippen molar-refractivity contribution in [3.05, 3.63) is 59.7 Å².